The Labute approximate surface area is 493 Å². The van der Waals surface area contributed by atoms with Crippen molar-refractivity contribution in [2.24, 2.45) is 0 Å². The van der Waals surface area contributed by atoms with Gasteiger partial charge in [-0.15, -0.1) is 10.1 Å². The highest BCUT2D eigenvalue weighted by Gasteiger charge is 2.35. The highest BCUT2D eigenvalue weighted by molar-refractivity contribution is 9.09. The van der Waals surface area contributed by atoms with Gasteiger partial charge in [0.25, 0.3) is 26.9 Å². The van der Waals surface area contributed by atoms with E-state index in [1.165, 1.54) is 35.5 Å². The maximum Gasteiger partial charge on any atom is 0.351 e. The van der Waals surface area contributed by atoms with Crippen LogP contribution in [-0.4, -0.2) is 48.9 Å². The van der Waals surface area contributed by atoms with Crippen LogP contribution in [0.5, 0.6) is 0 Å². The monoisotopic (exact) mass is 1520 g/mol. The van der Waals surface area contributed by atoms with Crippen molar-refractivity contribution in [2.45, 2.75) is 54.0 Å². The average molecular weight is 1530 g/mol. The lowest BCUT2D eigenvalue weighted by atomic mass is 10.1. The van der Waals surface area contributed by atoms with Crippen molar-refractivity contribution in [1.82, 2.24) is 10.1 Å². The Balaban J connectivity index is 0.000000852. The van der Waals surface area contributed by atoms with Crippen LogP contribution in [0.15, 0.2) is 48.5 Å². The number of benzene rings is 2. The molecule has 2 fully saturated rings. The number of halogens is 5. The van der Waals surface area contributed by atoms with Gasteiger partial charge < -0.3 is 9.68 Å². The van der Waals surface area contributed by atoms with Gasteiger partial charge in [0.1, 0.15) is 4.83 Å². The smallest absolute Gasteiger partial charge is 0.330 e. The highest BCUT2D eigenvalue weighted by atomic mass is 79.9. The fourth-order valence-corrected chi connectivity index (χ4v) is 50.6. The van der Waals surface area contributed by atoms with E-state index in [-0.39, 0.29) is 32.1 Å². The van der Waals surface area contributed by atoms with Crippen molar-refractivity contribution in [3.05, 3.63) is 70.8 Å². The predicted octanol–water partition coefficient (Wildman–Crippen LogP) is 5.68. The summed E-state index contributed by atoms with van der Waals surface area (Å²) < 4.78 is -1.61. The van der Waals surface area contributed by atoms with E-state index in [1.807, 2.05) is 50.2 Å². The molecule has 0 spiro atoms. The molecule has 2 aromatic rings. The molecule has 2 aliphatic rings. The minimum Gasteiger partial charge on any atom is -0.330 e. The zero-order chi connectivity index (χ0) is 50.5. The number of amides is 4. The number of carbonyl (C=O) groups is 6. The Morgan fingerprint density at radius 2 is 0.806 bits per heavy atom. The van der Waals surface area contributed by atoms with Gasteiger partial charge in [0.15, 0.2) is 0 Å². The molecule has 0 N–H and O–H groups in total. The van der Waals surface area contributed by atoms with Crippen LogP contribution in [0.1, 0.15) is 52.8 Å². The molecule has 2 aliphatic heterocycles. The van der Waals surface area contributed by atoms with Crippen LogP contribution in [0.2, 0.25) is 0 Å². The van der Waals surface area contributed by atoms with Gasteiger partial charge in [0.05, 0.1) is 6.42 Å². The minimum absolute atomic E-state index is 0.0390. The van der Waals surface area contributed by atoms with Crippen LogP contribution in [0.25, 0.3) is 0 Å². The molecule has 2 saturated heterocycles. The molecule has 1 atom stereocenters. The maximum atomic E-state index is 11.9. The van der Waals surface area contributed by atoms with Crippen LogP contribution in [-0.2, 0) is 276 Å². The number of rotatable bonds is 6. The van der Waals surface area contributed by atoms with Crippen molar-refractivity contribution in [3.63, 3.8) is 0 Å². The summed E-state index contributed by atoms with van der Waals surface area (Å²) >= 11 is 41.3. The first-order chi connectivity index (χ1) is 31.9. The molecule has 0 saturated carbocycles. The summed E-state index contributed by atoms with van der Waals surface area (Å²) in [6.45, 7) is 3.89. The zero-order valence-electron chi connectivity index (χ0n) is 32.5. The second-order valence-electron chi connectivity index (χ2n) is 10.3. The number of hydrogen-bond donors (Lipinski definition) is 0. The number of alkyl halides is 5. The molecule has 67 heavy (non-hydrogen) atoms. The third-order valence-corrected chi connectivity index (χ3v) is 49.1. The molecule has 0 radical (unpaired) electrons. The summed E-state index contributed by atoms with van der Waals surface area (Å²) in [5.74, 6) is -3.19. The van der Waals surface area contributed by atoms with E-state index in [9.17, 15) is 28.8 Å². The standard InChI is InChI=1S/C13H12BrNO4.C13H13NO4.CCl4.S13.S12/c1-8-2-4-9(5-3-8)12(14)13(18)19-15-10(16)6-7-11(15)17;1-9-2-4-10(5-3-9)8-13(17)18-14-11(15)6-7-12(14)16;2-1(3,4)5;1-3-5-7-9-11-13-12-10-8-6-4-2;1-3-5-7-9-11-12-10-8-6-4-2/h2-5,12H,6-7H2,1H3;2-5H,6-8H2,1H3;;;. The fourth-order valence-electron chi connectivity index (χ4n) is 3.52. The van der Waals surface area contributed by atoms with Gasteiger partial charge in [-0.25, -0.2) is 9.59 Å². The predicted molar refractivity (Wildman–Crippen MR) is 342 cm³/mol. The lowest BCUT2D eigenvalue weighted by Gasteiger charge is -2.15. The third kappa shape index (κ3) is 39.8. The van der Waals surface area contributed by atoms with Gasteiger partial charge in [-0.05, 0) is 25.0 Å². The number of nitrogens with zero attached hydrogens (tertiary/aromatic N) is 2. The summed E-state index contributed by atoms with van der Waals surface area (Å²) in [5, 5.41) is 1.11. The van der Waals surface area contributed by atoms with Crippen LogP contribution in [0, 0.1) is 13.8 Å². The Morgan fingerprint density at radius 3 is 1.10 bits per heavy atom. The van der Waals surface area contributed by atoms with E-state index >= 15 is 0 Å². The van der Waals surface area contributed by atoms with Crippen molar-refractivity contribution in [3.8, 4) is 0 Å². The van der Waals surface area contributed by atoms with Gasteiger partial charge in [0, 0.05) is 257 Å². The first kappa shape index (κ1) is 69.8. The Hall–Kier alpha value is 2.80. The molecule has 40 heteroatoms. The van der Waals surface area contributed by atoms with Crippen molar-refractivity contribution < 1.29 is 38.4 Å². The zero-order valence-corrected chi connectivity index (χ0v) is 57.5. The van der Waals surface area contributed by atoms with Crippen LogP contribution in [0.3, 0.4) is 0 Å². The first-order valence-electron chi connectivity index (χ1n) is 16.0. The second kappa shape index (κ2) is 45.0. The number of aryl methyl sites for hydroxylation is 2. The number of carbonyl (C=O) groups excluding carboxylic acids is 6. The molecule has 376 valence electrons. The Morgan fingerprint density at radius 1 is 0.537 bits per heavy atom. The molecular formula is C27H25BrCl4N2O8S25. The largest absolute Gasteiger partial charge is 0.351 e. The topological polar surface area (TPSA) is 127 Å². The molecular weight excluding hydrogens is 1500 g/mol. The minimum atomic E-state index is -1.61. The van der Waals surface area contributed by atoms with E-state index in [0.717, 1.165) is 16.7 Å². The Bertz CT molecular complexity index is 2930. The van der Waals surface area contributed by atoms with E-state index < -0.39 is 43.6 Å². The first-order valence-corrected chi connectivity index (χ1v) is 49.1. The van der Waals surface area contributed by atoms with Gasteiger partial charge >= 0.3 is 11.9 Å². The summed E-state index contributed by atoms with van der Waals surface area (Å²) in [6.07, 6.45) is 0.428. The fraction of sp³-hybridized carbons (Fsp3) is 0.333. The number of imide groups is 2. The lowest BCUT2D eigenvalue weighted by Crippen LogP contribution is -2.33. The molecule has 4 rings (SSSR count). The molecule has 0 aliphatic carbocycles. The second-order valence-corrected chi connectivity index (χ2v) is 51.8. The van der Waals surface area contributed by atoms with Gasteiger partial charge in [-0.2, -0.15) is 0 Å². The Kier molecular flexibility index (Phi) is 46.9. The van der Waals surface area contributed by atoms with Gasteiger partial charge in [0.2, 0.25) is 0 Å². The summed E-state index contributed by atoms with van der Waals surface area (Å²) in [6, 6.07) is 14.7. The van der Waals surface area contributed by atoms with E-state index in [2.05, 4.69) is 38.3 Å². The van der Waals surface area contributed by atoms with Gasteiger partial charge in [-0.1, -0.05) is 122 Å². The third-order valence-electron chi connectivity index (χ3n) is 5.96. The van der Waals surface area contributed by atoms with Crippen LogP contribution >= 0.6 is 62.3 Å². The van der Waals surface area contributed by atoms with Crippen LogP contribution < -0.4 is 0 Å². The highest BCUT2D eigenvalue weighted by Crippen LogP contribution is 2.30. The molecule has 0 aromatic heterocycles. The van der Waals surface area contributed by atoms with Gasteiger partial charge in [-0.3, -0.25) is 19.2 Å². The molecule has 1 unspecified atom stereocenters. The SMILES string of the molecule is Cc1ccc(C(Br)C(=O)ON2C(=O)CCC2=O)cc1.Cc1ccc(CC(=O)ON2C(=O)CCC2=O)cc1.ClC(Cl)(Cl)Cl.S=S=S=S=S=S=S=S=S=S=S=S.S=S=S=S=S=S=S=S=S=S=S=S=S. The van der Waals surface area contributed by atoms with Crippen molar-refractivity contribution >= 4 is 329 Å². The van der Waals surface area contributed by atoms with E-state index in [0.29, 0.717) is 15.7 Å². The molecule has 2 aromatic carbocycles. The van der Waals surface area contributed by atoms with Crippen molar-refractivity contribution in [2.75, 3.05) is 0 Å². The maximum absolute atomic E-state index is 11.9. The van der Waals surface area contributed by atoms with Crippen LogP contribution in [0.4, 0.5) is 0 Å². The average Bonchev–Trinajstić information content (AvgIpc) is 3.78. The van der Waals surface area contributed by atoms with E-state index in [4.69, 9.17) is 78.5 Å². The summed E-state index contributed by atoms with van der Waals surface area (Å²) in [7, 11) is 34.4. The lowest BCUT2D eigenvalue weighted by molar-refractivity contribution is -0.197. The number of hydrogen-bond acceptors (Lipinski definition) is 12. The molecule has 0 bridgehead atoms. The normalized spacial score (nSPS) is 12.3. The molecule has 2 heterocycles. The molecule has 4 amide bonds. The molecule has 10 nitrogen and oxygen atoms in total. The summed E-state index contributed by atoms with van der Waals surface area (Å²) in [4.78, 5) is 77.5. The van der Waals surface area contributed by atoms with Crippen molar-refractivity contribution in [1.29, 1.82) is 0 Å². The number of hydroxylamine groups is 4. The van der Waals surface area contributed by atoms with E-state index in [1.54, 1.807) is 163 Å². The quantitative estimate of drug-likeness (QED) is 0.261. The summed E-state index contributed by atoms with van der Waals surface area (Å²) in [5.41, 5.74) is 3.65.